The Morgan fingerprint density at radius 3 is 2.65 bits per heavy atom. The predicted molar refractivity (Wildman–Crippen MR) is 76.2 cm³/mol. The van der Waals surface area contributed by atoms with Gasteiger partial charge in [-0.2, -0.15) is 0 Å². The Balaban J connectivity index is 2.38. The summed E-state index contributed by atoms with van der Waals surface area (Å²) in [6.45, 7) is 10.9. The van der Waals surface area contributed by atoms with Crippen molar-refractivity contribution in [2.75, 3.05) is 6.54 Å². The van der Waals surface area contributed by atoms with Gasteiger partial charge in [-0.1, -0.05) is 13.8 Å². The van der Waals surface area contributed by atoms with E-state index in [9.17, 15) is 4.79 Å². The minimum absolute atomic E-state index is 0.00669. The summed E-state index contributed by atoms with van der Waals surface area (Å²) in [6.07, 6.45) is 2.67. The number of alkyl carbamates (subject to hydrolysis) is 1. The van der Waals surface area contributed by atoms with Gasteiger partial charge < -0.3 is 19.8 Å². The van der Waals surface area contributed by atoms with Crippen molar-refractivity contribution in [2.24, 2.45) is 5.92 Å². The first kappa shape index (κ1) is 16.5. The van der Waals surface area contributed by atoms with E-state index >= 15 is 0 Å². The van der Waals surface area contributed by atoms with E-state index in [1.807, 2.05) is 20.8 Å². The zero-order valence-corrected chi connectivity index (χ0v) is 12.9. The molecular weight excluding hydrogens is 258 g/mol. The average Bonchev–Trinajstić information content (AvgIpc) is 2.77. The SMILES string of the molecule is CC(C)C(CNCc1cnco1)NC(=O)OC(C)(C)C. The molecule has 1 aromatic rings. The minimum Gasteiger partial charge on any atom is -0.447 e. The number of rotatable bonds is 6. The molecular formula is C14H25N3O3. The number of aromatic nitrogens is 1. The predicted octanol–water partition coefficient (Wildman–Crippen LogP) is 2.31. The molecule has 6 heteroatoms. The second kappa shape index (κ2) is 7.28. The molecule has 0 bridgehead atoms. The van der Waals surface area contributed by atoms with E-state index in [0.717, 1.165) is 5.76 Å². The van der Waals surface area contributed by atoms with Crippen LogP contribution in [0.5, 0.6) is 0 Å². The lowest BCUT2D eigenvalue weighted by Crippen LogP contribution is -2.46. The average molecular weight is 283 g/mol. The first-order valence-corrected chi connectivity index (χ1v) is 6.85. The molecule has 0 aromatic carbocycles. The van der Waals surface area contributed by atoms with Crippen molar-refractivity contribution in [1.29, 1.82) is 0 Å². The van der Waals surface area contributed by atoms with E-state index in [1.165, 1.54) is 6.39 Å². The van der Waals surface area contributed by atoms with Crippen LogP contribution in [0.2, 0.25) is 0 Å². The summed E-state index contributed by atoms with van der Waals surface area (Å²) in [7, 11) is 0. The summed E-state index contributed by atoms with van der Waals surface area (Å²) in [6, 6.07) is -0.00669. The van der Waals surface area contributed by atoms with Crippen LogP contribution in [-0.2, 0) is 11.3 Å². The summed E-state index contributed by atoms with van der Waals surface area (Å²) < 4.78 is 10.4. The van der Waals surface area contributed by atoms with Crippen molar-refractivity contribution in [2.45, 2.75) is 52.8 Å². The number of nitrogens with zero attached hydrogens (tertiary/aromatic N) is 1. The molecule has 0 spiro atoms. The molecule has 20 heavy (non-hydrogen) atoms. The van der Waals surface area contributed by atoms with Crippen LogP contribution in [0.25, 0.3) is 0 Å². The number of carbonyl (C=O) groups excluding carboxylic acids is 1. The Labute approximate surface area is 120 Å². The van der Waals surface area contributed by atoms with E-state index < -0.39 is 11.7 Å². The molecule has 1 amide bonds. The van der Waals surface area contributed by atoms with Crippen molar-refractivity contribution < 1.29 is 13.9 Å². The van der Waals surface area contributed by atoms with Crippen LogP contribution in [0.15, 0.2) is 17.0 Å². The van der Waals surface area contributed by atoms with Crippen molar-refractivity contribution in [1.82, 2.24) is 15.6 Å². The van der Waals surface area contributed by atoms with Crippen LogP contribution in [0.4, 0.5) is 4.79 Å². The highest BCUT2D eigenvalue weighted by molar-refractivity contribution is 5.68. The van der Waals surface area contributed by atoms with Crippen LogP contribution < -0.4 is 10.6 Å². The van der Waals surface area contributed by atoms with Crippen LogP contribution in [0.1, 0.15) is 40.4 Å². The summed E-state index contributed by atoms with van der Waals surface area (Å²) >= 11 is 0. The first-order chi connectivity index (χ1) is 9.28. The molecule has 114 valence electrons. The van der Waals surface area contributed by atoms with Crippen molar-refractivity contribution >= 4 is 6.09 Å². The maximum atomic E-state index is 11.8. The summed E-state index contributed by atoms with van der Waals surface area (Å²) in [4.78, 5) is 15.6. The Morgan fingerprint density at radius 1 is 1.45 bits per heavy atom. The van der Waals surface area contributed by atoms with Crippen LogP contribution in [-0.4, -0.2) is 29.3 Å². The van der Waals surface area contributed by atoms with E-state index in [4.69, 9.17) is 9.15 Å². The molecule has 0 aliphatic rings. The highest BCUT2D eigenvalue weighted by atomic mass is 16.6. The van der Waals surface area contributed by atoms with Gasteiger partial charge in [0.1, 0.15) is 11.4 Å². The third-order valence-corrected chi connectivity index (χ3v) is 2.65. The molecule has 1 heterocycles. The van der Waals surface area contributed by atoms with Gasteiger partial charge >= 0.3 is 6.09 Å². The van der Waals surface area contributed by atoms with Gasteiger partial charge in [-0.3, -0.25) is 0 Å². The lowest BCUT2D eigenvalue weighted by molar-refractivity contribution is 0.0490. The number of ether oxygens (including phenoxy) is 1. The van der Waals surface area contributed by atoms with Gasteiger partial charge in [-0.05, 0) is 26.7 Å². The van der Waals surface area contributed by atoms with Crippen molar-refractivity contribution in [3.63, 3.8) is 0 Å². The zero-order chi connectivity index (χ0) is 15.2. The second-order valence-electron chi connectivity index (χ2n) is 6.10. The van der Waals surface area contributed by atoms with Gasteiger partial charge in [0.05, 0.1) is 12.7 Å². The van der Waals surface area contributed by atoms with Crippen molar-refractivity contribution in [3.05, 3.63) is 18.4 Å². The molecule has 0 saturated carbocycles. The maximum absolute atomic E-state index is 11.8. The number of oxazole rings is 1. The minimum atomic E-state index is -0.487. The molecule has 0 fully saturated rings. The number of amides is 1. The van der Waals surface area contributed by atoms with Gasteiger partial charge in [0.25, 0.3) is 0 Å². The monoisotopic (exact) mass is 283 g/mol. The van der Waals surface area contributed by atoms with Gasteiger partial charge in [0.2, 0.25) is 0 Å². The molecule has 0 radical (unpaired) electrons. The lowest BCUT2D eigenvalue weighted by Gasteiger charge is -2.26. The Morgan fingerprint density at radius 2 is 2.15 bits per heavy atom. The summed E-state index contributed by atoms with van der Waals surface area (Å²) in [5, 5.41) is 6.12. The van der Waals surface area contributed by atoms with Gasteiger partial charge in [0, 0.05) is 12.6 Å². The highest BCUT2D eigenvalue weighted by Crippen LogP contribution is 2.08. The third-order valence-electron chi connectivity index (χ3n) is 2.65. The molecule has 1 rings (SSSR count). The van der Waals surface area contributed by atoms with Crippen LogP contribution in [0.3, 0.4) is 0 Å². The fourth-order valence-corrected chi connectivity index (χ4v) is 1.59. The normalized spacial score (nSPS) is 13.3. The van der Waals surface area contributed by atoms with E-state index in [2.05, 4.69) is 29.5 Å². The van der Waals surface area contributed by atoms with Gasteiger partial charge in [-0.25, -0.2) is 9.78 Å². The van der Waals surface area contributed by atoms with E-state index in [-0.39, 0.29) is 6.04 Å². The molecule has 1 unspecified atom stereocenters. The summed E-state index contributed by atoms with van der Waals surface area (Å²) in [5.41, 5.74) is -0.487. The fourth-order valence-electron chi connectivity index (χ4n) is 1.59. The van der Waals surface area contributed by atoms with Gasteiger partial charge in [0.15, 0.2) is 6.39 Å². The molecule has 0 saturated heterocycles. The number of nitrogens with one attached hydrogen (secondary N) is 2. The Hall–Kier alpha value is -1.56. The molecule has 2 N–H and O–H groups in total. The second-order valence-corrected chi connectivity index (χ2v) is 6.10. The quantitative estimate of drug-likeness (QED) is 0.838. The number of hydrogen-bond acceptors (Lipinski definition) is 5. The largest absolute Gasteiger partial charge is 0.447 e. The Bertz CT molecular complexity index is 396. The maximum Gasteiger partial charge on any atom is 0.407 e. The van der Waals surface area contributed by atoms with Crippen LogP contribution >= 0.6 is 0 Å². The van der Waals surface area contributed by atoms with Crippen molar-refractivity contribution in [3.8, 4) is 0 Å². The highest BCUT2D eigenvalue weighted by Gasteiger charge is 2.21. The fraction of sp³-hybridized carbons (Fsp3) is 0.714. The molecule has 1 aromatic heterocycles. The number of carbonyl (C=O) groups is 1. The van der Waals surface area contributed by atoms with Gasteiger partial charge in [-0.15, -0.1) is 0 Å². The molecule has 1 atom stereocenters. The standard InChI is InChI=1S/C14H25N3O3/c1-10(2)12(17-13(18)20-14(3,4)5)8-15-6-11-7-16-9-19-11/h7,9-10,12,15H,6,8H2,1-5H3,(H,17,18). The third kappa shape index (κ3) is 6.56. The summed E-state index contributed by atoms with van der Waals surface area (Å²) in [5.74, 6) is 1.06. The molecule has 0 aliphatic carbocycles. The van der Waals surface area contributed by atoms with E-state index in [0.29, 0.717) is 19.0 Å². The number of hydrogen-bond donors (Lipinski definition) is 2. The lowest BCUT2D eigenvalue weighted by atomic mass is 10.0. The van der Waals surface area contributed by atoms with E-state index in [1.54, 1.807) is 6.20 Å². The van der Waals surface area contributed by atoms with Crippen LogP contribution in [0, 0.1) is 5.92 Å². The Kier molecular flexibility index (Phi) is 6.01. The first-order valence-electron chi connectivity index (χ1n) is 6.85. The topological polar surface area (TPSA) is 76.4 Å². The smallest absolute Gasteiger partial charge is 0.407 e. The zero-order valence-electron chi connectivity index (χ0n) is 12.9. The molecule has 0 aliphatic heterocycles. The molecule has 6 nitrogen and oxygen atoms in total.